The summed E-state index contributed by atoms with van der Waals surface area (Å²) in [5.74, 6) is -0.777. The smallest absolute Gasteiger partial charge is 0.257 e. The molecule has 0 spiro atoms. The minimum absolute atomic E-state index is 0.0245. The van der Waals surface area contributed by atoms with Gasteiger partial charge in [0, 0.05) is 16.1 Å². The predicted molar refractivity (Wildman–Crippen MR) is 124 cm³/mol. The van der Waals surface area contributed by atoms with Crippen LogP contribution in [0, 0.1) is 5.82 Å². The maximum absolute atomic E-state index is 13.4. The van der Waals surface area contributed by atoms with Gasteiger partial charge in [-0.25, -0.2) is 22.9 Å². The quantitative estimate of drug-likeness (QED) is 0.405. The van der Waals surface area contributed by atoms with Crippen molar-refractivity contribution in [3.05, 3.63) is 89.2 Å². The van der Waals surface area contributed by atoms with Crippen molar-refractivity contribution in [3.63, 3.8) is 0 Å². The predicted octanol–water partition coefficient (Wildman–Crippen LogP) is 5.17. The van der Waals surface area contributed by atoms with Crippen LogP contribution in [-0.2, 0) is 10.0 Å². The van der Waals surface area contributed by atoms with E-state index < -0.39 is 15.8 Å². The normalized spacial score (nSPS) is 11.3. The lowest BCUT2D eigenvalue weighted by molar-refractivity contribution is 0.102. The molecule has 0 aliphatic rings. The highest BCUT2D eigenvalue weighted by Crippen LogP contribution is 2.39. The van der Waals surface area contributed by atoms with Crippen molar-refractivity contribution < 1.29 is 17.6 Å². The van der Waals surface area contributed by atoms with Gasteiger partial charge in [-0.1, -0.05) is 41.1 Å². The number of nitrogens with one attached hydrogen (secondary N) is 1. The zero-order valence-electron chi connectivity index (χ0n) is 16.2. The highest BCUT2D eigenvalue weighted by Gasteiger charge is 2.18. The van der Waals surface area contributed by atoms with E-state index in [0.29, 0.717) is 37.4 Å². The number of amides is 1. The molecule has 1 aromatic heterocycles. The third kappa shape index (κ3) is 4.86. The summed E-state index contributed by atoms with van der Waals surface area (Å²) in [5, 5.41) is 8.68. The molecule has 0 unspecified atom stereocenters. The second-order valence-corrected chi connectivity index (χ2v) is 9.73. The van der Waals surface area contributed by atoms with Crippen LogP contribution in [0.1, 0.15) is 10.4 Å². The molecule has 32 heavy (non-hydrogen) atoms. The number of primary sulfonamides is 1. The van der Waals surface area contributed by atoms with Crippen molar-refractivity contribution in [1.82, 2.24) is 4.98 Å². The molecule has 162 valence electrons. The Labute approximate surface area is 192 Å². The van der Waals surface area contributed by atoms with E-state index in [1.165, 1.54) is 41.7 Å². The second kappa shape index (κ2) is 8.79. The lowest BCUT2D eigenvalue weighted by Crippen LogP contribution is -2.11. The maximum atomic E-state index is 13.4. The third-order valence-electron chi connectivity index (χ3n) is 4.50. The minimum atomic E-state index is -3.84. The van der Waals surface area contributed by atoms with Gasteiger partial charge in [-0.15, -0.1) is 0 Å². The van der Waals surface area contributed by atoms with Gasteiger partial charge in [0.25, 0.3) is 5.91 Å². The SMILES string of the molecule is NS(=O)(=O)c1ccc(-c2sc(NC(=O)c3cccc(Cl)c3)nc2-c2ccc(F)cc2)cc1. The van der Waals surface area contributed by atoms with Gasteiger partial charge in [-0.2, -0.15) is 0 Å². The number of hydrogen-bond donors (Lipinski definition) is 2. The van der Waals surface area contributed by atoms with Crippen LogP contribution >= 0.6 is 22.9 Å². The number of benzene rings is 3. The number of hydrogen-bond acceptors (Lipinski definition) is 5. The van der Waals surface area contributed by atoms with E-state index in [0.717, 1.165) is 0 Å². The Hall–Kier alpha value is -3.11. The molecule has 4 aromatic rings. The van der Waals surface area contributed by atoms with Crippen LogP contribution < -0.4 is 10.5 Å². The van der Waals surface area contributed by atoms with E-state index in [1.807, 2.05) is 0 Å². The van der Waals surface area contributed by atoms with Crippen molar-refractivity contribution in [2.75, 3.05) is 5.32 Å². The van der Waals surface area contributed by atoms with Crippen molar-refractivity contribution >= 4 is 44.0 Å². The van der Waals surface area contributed by atoms with E-state index >= 15 is 0 Å². The topological polar surface area (TPSA) is 102 Å². The van der Waals surface area contributed by atoms with Gasteiger partial charge in [-0.05, 0) is 60.2 Å². The summed E-state index contributed by atoms with van der Waals surface area (Å²) < 4.78 is 36.5. The average molecular weight is 488 g/mol. The fourth-order valence-corrected chi connectivity index (χ4v) is 4.66. The number of anilines is 1. The number of nitrogens with zero attached hydrogens (tertiary/aromatic N) is 1. The number of thiazole rings is 1. The van der Waals surface area contributed by atoms with Crippen molar-refractivity contribution in [1.29, 1.82) is 0 Å². The van der Waals surface area contributed by atoms with E-state index in [-0.39, 0.29) is 10.8 Å². The number of carbonyl (C=O) groups excluding carboxylic acids is 1. The first-order chi connectivity index (χ1) is 15.2. The molecule has 0 radical (unpaired) electrons. The Morgan fingerprint density at radius 1 is 1.00 bits per heavy atom. The molecule has 0 aliphatic carbocycles. The molecule has 0 aliphatic heterocycles. The number of carbonyl (C=O) groups is 1. The summed E-state index contributed by atoms with van der Waals surface area (Å²) in [4.78, 5) is 17.8. The molecule has 1 amide bonds. The zero-order chi connectivity index (χ0) is 22.9. The van der Waals surface area contributed by atoms with E-state index in [9.17, 15) is 17.6 Å². The molecule has 6 nitrogen and oxygen atoms in total. The first-order valence-electron chi connectivity index (χ1n) is 9.17. The van der Waals surface area contributed by atoms with Crippen LogP contribution in [0.15, 0.2) is 77.7 Å². The van der Waals surface area contributed by atoms with E-state index in [1.54, 1.807) is 42.5 Å². The van der Waals surface area contributed by atoms with Crippen LogP contribution in [0.25, 0.3) is 21.7 Å². The van der Waals surface area contributed by atoms with Gasteiger partial charge in [0.15, 0.2) is 5.13 Å². The summed E-state index contributed by atoms with van der Waals surface area (Å²) in [7, 11) is -3.84. The molecule has 0 fully saturated rings. The van der Waals surface area contributed by atoms with E-state index in [2.05, 4.69) is 10.3 Å². The van der Waals surface area contributed by atoms with Gasteiger partial charge >= 0.3 is 0 Å². The number of rotatable bonds is 5. The summed E-state index contributed by atoms with van der Waals surface area (Å²) in [6, 6.07) is 18.3. The van der Waals surface area contributed by atoms with Crippen LogP contribution in [0.2, 0.25) is 5.02 Å². The monoisotopic (exact) mass is 487 g/mol. The van der Waals surface area contributed by atoms with Crippen molar-refractivity contribution in [3.8, 4) is 21.7 Å². The van der Waals surface area contributed by atoms with Crippen LogP contribution in [-0.4, -0.2) is 19.3 Å². The van der Waals surface area contributed by atoms with Crippen LogP contribution in [0.5, 0.6) is 0 Å². The fourth-order valence-electron chi connectivity index (χ4n) is 2.97. The molecule has 3 aromatic carbocycles. The van der Waals surface area contributed by atoms with Crippen LogP contribution in [0.4, 0.5) is 9.52 Å². The molecule has 3 N–H and O–H groups in total. The Bertz CT molecular complexity index is 1400. The molecule has 0 saturated heterocycles. The molecule has 4 rings (SSSR count). The first kappa shape index (κ1) is 22.1. The van der Waals surface area contributed by atoms with Crippen LogP contribution in [0.3, 0.4) is 0 Å². The Morgan fingerprint density at radius 3 is 2.28 bits per heavy atom. The number of sulfonamides is 1. The largest absolute Gasteiger partial charge is 0.298 e. The number of halogens is 2. The summed E-state index contributed by atoms with van der Waals surface area (Å²) >= 11 is 7.17. The molecule has 1 heterocycles. The lowest BCUT2D eigenvalue weighted by Gasteiger charge is -2.04. The van der Waals surface area contributed by atoms with Crippen molar-refractivity contribution in [2.45, 2.75) is 4.90 Å². The van der Waals surface area contributed by atoms with Gasteiger partial charge in [0.2, 0.25) is 10.0 Å². The molecule has 0 bridgehead atoms. The molecule has 0 saturated carbocycles. The molecule has 10 heteroatoms. The molecular formula is C22H15ClFN3O3S2. The second-order valence-electron chi connectivity index (χ2n) is 6.74. The molecule has 0 atom stereocenters. The minimum Gasteiger partial charge on any atom is -0.298 e. The highest BCUT2D eigenvalue weighted by molar-refractivity contribution is 7.89. The standard InChI is InChI=1S/C22H15ClFN3O3S2/c23-16-3-1-2-15(12-16)21(28)27-22-26-19(13-4-8-17(24)9-5-13)20(31-22)14-6-10-18(11-7-14)32(25,29)30/h1-12H,(H2,25,29,30)(H,26,27,28). The number of nitrogens with two attached hydrogens (primary N) is 1. The van der Waals surface area contributed by atoms with Gasteiger partial charge in [0.1, 0.15) is 5.82 Å². The van der Waals surface area contributed by atoms with E-state index in [4.69, 9.17) is 16.7 Å². The van der Waals surface area contributed by atoms with Gasteiger partial charge < -0.3 is 0 Å². The first-order valence-corrected chi connectivity index (χ1v) is 11.9. The highest BCUT2D eigenvalue weighted by atomic mass is 35.5. The van der Waals surface area contributed by atoms with Gasteiger partial charge in [-0.3, -0.25) is 10.1 Å². The summed E-state index contributed by atoms with van der Waals surface area (Å²) in [6.07, 6.45) is 0. The van der Waals surface area contributed by atoms with Gasteiger partial charge in [0.05, 0.1) is 15.5 Å². The Kier molecular flexibility index (Phi) is 6.07. The summed E-state index contributed by atoms with van der Waals surface area (Å²) in [5.41, 5.74) is 2.18. The lowest BCUT2D eigenvalue weighted by atomic mass is 10.1. The third-order valence-corrected chi connectivity index (χ3v) is 6.68. The Balaban J connectivity index is 1.75. The fraction of sp³-hybridized carbons (Fsp3) is 0. The molecular weight excluding hydrogens is 473 g/mol. The average Bonchev–Trinajstić information content (AvgIpc) is 3.17. The zero-order valence-corrected chi connectivity index (χ0v) is 18.6. The van der Waals surface area contributed by atoms with Crippen molar-refractivity contribution in [2.24, 2.45) is 5.14 Å². The Morgan fingerprint density at radius 2 is 1.66 bits per heavy atom. The number of aromatic nitrogens is 1. The maximum Gasteiger partial charge on any atom is 0.257 e. The summed E-state index contributed by atoms with van der Waals surface area (Å²) in [6.45, 7) is 0.